The molecular formula is C15H21NO. The monoisotopic (exact) mass is 231 g/mol. The van der Waals surface area contributed by atoms with Crippen LogP contribution in [0.4, 0.5) is 0 Å². The molecule has 2 nitrogen and oxygen atoms in total. The maximum absolute atomic E-state index is 9.78. The Bertz CT molecular complexity index is 427. The van der Waals surface area contributed by atoms with E-state index in [2.05, 4.69) is 43.4 Å². The number of rotatable bonds is 2. The first-order valence-electron chi connectivity index (χ1n) is 6.61. The molecule has 0 spiro atoms. The van der Waals surface area contributed by atoms with Gasteiger partial charge in [0.05, 0.1) is 6.10 Å². The Balaban J connectivity index is 1.73. The molecule has 17 heavy (non-hydrogen) atoms. The second-order valence-electron chi connectivity index (χ2n) is 6.08. The van der Waals surface area contributed by atoms with Crippen molar-refractivity contribution in [3.63, 3.8) is 0 Å². The van der Waals surface area contributed by atoms with Crippen LogP contribution in [0.1, 0.15) is 43.9 Å². The van der Waals surface area contributed by atoms with Crippen LogP contribution < -0.4 is 5.32 Å². The average Bonchev–Trinajstić information content (AvgIpc) is 2.72. The van der Waals surface area contributed by atoms with Crippen LogP contribution in [0.25, 0.3) is 0 Å². The Morgan fingerprint density at radius 2 is 2.06 bits per heavy atom. The van der Waals surface area contributed by atoms with Gasteiger partial charge in [0, 0.05) is 17.5 Å². The first-order valence-corrected chi connectivity index (χ1v) is 6.61. The van der Waals surface area contributed by atoms with E-state index in [0.717, 1.165) is 6.42 Å². The normalized spacial score (nSPS) is 34.2. The van der Waals surface area contributed by atoms with Gasteiger partial charge in [-0.15, -0.1) is 0 Å². The van der Waals surface area contributed by atoms with Crippen molar-refractivity contribution in [3.8, 4) is 0 Å². The number of hydrogen-bond acceptors (Lipinski definition) is 2. The van der Waals surface area contributed by atoms with Gasteiger partial charge in [0.1, 0.15) is 0 Å². The van der Waals surface area contributed by atoms with Crippen LogP contribution in [0.15, 0.2) is 24.3 Å². The first-order chi connectivity index (χ1) is 8.09. The van der Waals surface area contributed by atoms with E-state index >= 15 is 0 Å². The summed E-state index contributed by atoms with van der Waals surface area (Å²) < 4.78 is 0. The molecule has 0 heterocycles. The fourth-order valence-electron chi connectivity index (χ4n) is 3.16. The number of benzene rings is 1. The van der Waals surface area contributed by atoms with Crippen molar-refractivity contribution in [3.05, 3.63) is 35.4 Å². The van der Waals surface area contributed by atoms with Gasteiger partial charge < -0.3 is 10.4 Å². The molecule has 3 atom stereocenters. The summed E-state index contributed by atoms with van der Waals surface area (Å²) in [5, 5.41) is 13.5. The van der Waals surface area contributed by atoms with Crippen LogP contribution in [0, 0.1) is 5.41 Å². The smallest absolute Gasteiger partial charge is 0.0621 e. The van der Waals surface area contributed by atoms with Crippen molar-refractivity contribution in [2.45, 2.75) is 51.3 Å². The molecule has 0 amide bonds. The molecular weight excluding hydrogens is 210 g/mol. The van der Waals surface area contributed by atoms with Gasteiger partial charge in [-0.25, -0.2) is 0 Å². The molecule has 92 valence electrons. The molecule has 3 rings (SSSR count). The molecule has 0 aliphatic heterocycles. The second kappa shape index (κ2) is 3.82. The number of hydrogen-bond donors (Lipinski definition) is 2. The van der Waals surface area contributed by atoms with Crippen molar-refractivity contribution >= 4 is 0 Å². The van der Waals surface area contributed by atoms with E-state index in [9.17, 15) is 5.11 Å². The zero-order valence-corrected chi connectivity index (χ0v) is 10.6. The van der Waals surface area contributed by atoms with E-state index in [4.69, 9.17) is 0 Å². The van der Waals surface area contributed by atoms with E-state index in [1.165, 1.54) is 24.0 Å². The van der Waals surface area contributed by atoms with E-state index < -0.39 is 0 Å². The minimum Gasteiger partial charge on any atom is -0.392 e. The van der Waals surface area contributed by atoms with Gasteiger partial charge >= 0.3 is 0 Å². The third kappa shape index (κ3) is 1.71. The van der Waals surface area contributed by atoms with Gasteiger partial charge in [-0.2, -0.15) is 0 Å². The molecule has 3 unspecified atom stereocenters. The largest absolute Gasteiger partial charge is 0.392 e. The first kappa shape index (κ1) is 11.2. The summed E-state index contributed by atoms with van der Waals surface area (Å²) in [7, 11) is 0. The molecule has 2 aliphatic rings. The van der Waals surface area contributed by atoms with Gasteiger partial charge in [-0.05, 0) is 30.4 Å². The number of aliphatic hydroxyl groups excluding tert-OH is 1. The molecule has 2 aliphatic carbocycles. The Morgan fingerprint density at radius 3 is 2.76 bits per heavy atom. The lowest BCUT2D eigenvalue weighted by atomic mass is 9.64. The Hall–Kier alpha value is -0.860. The number of aryl methyl sites for hydroxylation is 1. The van der Waals surface area contributed by atoms with Crippen LogP contribution >= 0.6 is 0 Å². The topological polar surface area (TPSA) is 32.3 Å². The molecule has 1 saturated carbocycles. The predicted molar refractivity (Wildman–Crippen MR) is 68.8 cm³/mol. The van der Waals surface area contributed by atoms with Gasteiger partial charge in [-0.1, -0.05) is 38.1 Å². The fraction of sp³-hybridized carbons (Fsp3) is 0.600. The zero-order valence-electron chi connectivity index (χ0n) is 10.6. The lowest BCUT2D eigenvalue weighted by Gasteiger charge is -2.50. The van der Waals surface area contributed by atoms with Crippen molar-refractivity contribution < 1.29 is 5.11 Å². The molecule has 2 heteroatoms. The quantitative estimate of drug-likeness (QED) is 0.819. The van der Waals surface area contributed by atoms with Gasteiger partial charge in [0.2, 0.25) is 0 Å². The SMILES string of the molecule is CC1(C)C(O)CC1NC1CCc2ccccc21. The predicted octanol–water partition coefficient (Wildman–Crippen LogP) is 2.42. The van der Waals surface area contributed by atoms with Crippen molar-refractivity contribution in [1.29, 1.82) is 0 Å². The lowest BCUT2D eigenvalue weighted by Crippen LogP contribution is -2.60. The van der Waals surface area contributed by atoms with Gasteiger partial charge in [0.25, 0.3) is 0 Å². The van der Waals surface area contributed by atoms with Crippen LogP contribution in [0.2, 0.25) is 0 Å². The van der Waals surface area contributed by atoms with Crippen molar-refractivity contribution in [2.24, 2.45) is 5.41 Å². The highest BCUT2D eigenvalue weighted by molar-refractivity contribution is 5.34. The molecule has 0 aromatic heterocycles. The van der Waals surface area contributed by atoms with E-state index in [-0.39, 0.29) is 11.5 Å². The van der Waals surface area contributed by atoms with Crippen LogP contribution in [-0.4, -0.2) is 17.3 Å². The zero-order chi connectivity index (χ0) is 12.0. The van der Waals surface area contributed by atoms with Crippen LogP contribution in [0.3, 0.4) is 0 Å². The standard InChI is InChI=1S/C15H21NO/c1-15(2)13(9-14(15)17)16-12-8-7-10-5-3-4-6-11(10)12/h3-6,12-14,16-17H,7-9H2,1-2H3. The number of fused-ring (bicyclic) bond motifs is 1. The molecule has 0 saturated heterocycles. The molecule has 1 aromatic carbocycles. The Morgan fingerprint density at radius 1 is 1.29 bits per heavy atom. The number of aliphatic hydroxyl groups is 1. The summed E-state index contributed by atoms with van der Waals surface area (Å²) in [5.41, 5.74) is 2.98. The van der Waals surface area contributed by atoms with Crippen molar-refractivity contribution in [1.82, 2.24) is 5.32 Å². The van der Waals surface area contributed by atoms with Crippen LogP contribution in [-0.2, 0) is 6.42 Å². The fourth-order valence-corrected chi connectivity index (χ4v) is 3.16. The highest BCUT2D eigenvalue weighted by atomic mass is 16.3. The summed E-state index contributed by atoms with van der Waals surface area (Å²) in [5.74, 6) is 0. The van der Waals surface area contributed by atoms with E-state index in [1.807, 2.05) is 0 Å². The molecule has 1 aromatic rings. The average molecular weight is 231 g/mol. The summed E-state index contributed by atoms with van der Waals surface area (Å²) >= 11 is 0. The summed E-state index contributed by atoms with van der Waals surface area (Å²) in [4.78, 5) is 0. The highest BCUT2D eigenvalue weighted by Crippen LogP contribution is 2.43. The molecule has 2 N–H and O–H groups in total. The molecule has 1 fully saturated rings. The minimum atomic E-state index is -0.142. The second-order valence-corrected chi connectivity index (χ2v) is 6.08. The summed E-state index contributed by atoms with van der Waals surface area (Å²) in [6, 6.07) is 9.66. The molecule has 0 bridgehead atoms. The number of nitrogens with one attached hydrogen (secondary N) is 1. The van der Waals surface area contributed by atoms with Gasteiger partial charge in [-0.3, -0.25) is 0 Å². The summed E-state index contributed by atoms with van der Waals surface area (Å²) in [6.07, 6.45) is 3.13. The Kier molecular flexibility index (Phi) is 2.53. The van der Waals surface area contributed by atoms with Crippen LogP contribution in [0.5, 0.6) is 0 Å². The minimum absolute atomic E-state index is 0.0253. The maximum Gasteiger partial charge on any atom is 0.0621 e. The van der Waals surface area contributed by atoms with E-state index in [0.29, 0.717) is 12.1 Å². The third-order valence-electron chi connectivity index (χ3n) is 4.75. The maximum atomic E-state index is 9.78. The molecule has 0 radical (unpaired) electrons. The highest BCUT2D eigenvalue weighted by Gasteiger charge is 2.48. The van der Waals surface area contributed by atoms with Crippen molar-refractivity contribution in [2.75, 3.05) is 0 Å². The third-order valence-corrected chi connectivity index (χ3v) is 4.75. The summed E-state index contributed by atoms with van der Waals surface area (Å²) in [6.45, 7) is 4.30. The van der Waals surface area contributed by atoms with Gasteiger partial charge in [0.15, 0.2) is 0 Å². The Labute approximate surface area is 103 Å². The van der Waals surface area contributed by atoms with E-state index in [1.54, 1.807) is 0 Å². The lowest BCUT2D eigenvalue weighted by molar-refractivity contribution is -0.0760.